The molecule has 1 aliphatic carbocycles. The molecule has 1 heterocycles. The Morgan fingerprint density at radius 3 is 2.80 bits per heavy atom. The molecule has 0 aromatic carbocycles. The molecule has 1 unspecified atom stereocenters. The van der Waals surface area contributed by atoms with Gasteiger partial charge in [-0.1, -0.05) is 6.42 Å². The van der Waals surface area contributed by atoms with Gasteiger partial charge in [0.25, 0.3) is 0 Å². The number of nitrogens with zero attached hydrogens (tertiary/aromatic N) is 1. The number of aliphatic carboxylic acids is 1. The number of rotatable bonds is 4. The second kappa shape index (κ2) is 5.61. The Morgan fingerprint density at radius 2 is 2.20 bits per heavy atom. The summed E-state index contributed by atoms with van der Waals surface area (Å²) in [6, 6.07) is 3.49. The Kier molecular flexibility index (Phi) is 4.06. The van der Waals surface area contributed by atoms with Crippen molar-refractivity contribution in [2.45, 2.75) is 39.0 Å². The first-order valence-electron chi connectivity index (χ1n) is 6.76. The summed E-state index contributed by atoms with van der Waals surface area (Å²) in [5.41, 5.74) is 0.0343. The molecular formula is C15H19NO4. The lowest BCUT2D eigenvalue weighted by molar-refractivity contribution is -0.157. The summed E-state index contributed by atoms with van der Waals surface area (Å²) < 4.78 is 5.17. The quantitative estimate of drug-likeness (QED) is 0.853. The van der Waals surface area contributed by atoms with Crippen molar-refractivity contribution in [3.05, 3.63) is 23.5 Å². The van der Waals surface area contributed by atoms with E-state index in [2.05, 4.69) is 4.98 Å². The number of hydrogen-bond acceptors (Lipinski definition) is 4. The van der Waals surface area contributed by atoms with Crippen molar-refractivity contribution in [2.24, 2.45) is 5.41 Å². The SMILES string of the molecule is COc1cc(C)nc(CC2(C(=O)O)CCCCC2=O)c1. The van der Waals surface area contributed by atoms with Gasteiger partial charge in [0.05, 0.1) is 7.11 Å². The van der Waals surface area contributed by atoms with Crippen LogP contribution in [0.25, 0.3) is 0 Å². The summed E-state index contributed by atoms with van der Waals surface area (Å²) in [6.07, 6.45) is 2.41. The van der Waals surface area contributed by atoms with Crippen molar-refractivity contribution in [2.75, 3.05) is 7.11 Å². The largest absolute Gasteiger partial charge is 0.497 e. The van der Waals surface area contributed by atoms with Crippen LogP contribution in [0.1, 0.15) is 37.1 Å². The highest BCUT2D eigenvalue weighted by Crippen LogP contribution is 2.37. The summed E-state index contributed by atoms with van der Waals surface area (Å²) in [6.45, 7) is 1.82. The van der Waals surface area contributed by atoms with Gasteiger partial charge in [-0.05, 0) is 19.8 Å². The highest BCUT2D eigenvalue weighted by molar-refractivity contribution is 6.03. The molecule has 0 aliphatic heterocycles. The highest BCUT2D eigenvalue weighted by atomic mass is 16.5. The lowest BCUT2D eigenvalue weighted by atomic mass is 9.70. The monoisotopic (exact) mass is 277 g/mol. The molecular weight excluding hydrogens is 258 g/mol. The molecule has 0 amide bonds. The van der Waals surface area contributed by atoms with Crippen LogP contribution in [-0.2, 0) is 16.0 Å². The number of aryl methyl sites for hydroxylation is 1. The maximum absolute atomic E-state index is 12.2. The molecule has 1 saturated carbocycles. The van der Waals surface area contributed by atoms with E-state index in [9.17, 15) is 14.7 Å². The fraction of sp³-hybridized carbons (Fsp3) is 0.533. The minimum Gasteiger partial charge on any atom is -0.497 e. The fourth-order valence-electron chi connectivity index (χ4n) is 2.80. The van der Waals surface area contributed by atoms with Crippen molar-refractivity contribution in [1.82, 2.24) is 4.98 Å². The van der Waals surface area contributed by atoms with Crippen LogP contribution >= 0.6 is 0 Å². The molecule has 5 nitrogen and oxygen atoms in total. The van der Waals surface area contributed by atoms with Gasteiger partial charge in [-0.15, -0.1) is 0 Å². The molecule has 1 aliphatic rings. The minimum absolute atomic E-state index is 0.138. The second-order valence-corrected chi connectivity index (χ2v) is 5.33. The number of pyridine rings is 1. The topological polar surface area (TPSA) is 76.5 Å². The number of ketones is 1. The third-order valence-corrected chi connectivity index (χ3v) is 3.90. The number of carbonyl (C=O) groups is 2. The van der Waals surface area contributed by atoms with Crippen molar-refractivity contribution >= 4 is 11.8 Å². The molecule has 20 heavy (non-hydrogen) atoms. The van der Waals surface area contributed by atoms with Crippen LogP contribution in [0.4, 0.5) is 0 Å². The van der Waals surface area contributed by atoms with Gasteiger partial charge in [0.2, 0.25) is 0 Å². The molecule has 2 rings (SSSR count). The average molecular weight is 277 g/mol. The van der Waals surface area contributed by atoms with E-state index in [4.69, 9.17) is 4.74 Å². The first kappa shape index (κ1) is 14.5. The van der Waals surface area contributed by atoms with Crippen molar-refractivity contribution in [3.8, 4) is 5.75 Å². The maximum Gasteiger partial charge on any atom is 0.317 e. The summed E-state index contributed by atoms with van der Waals surface area (Å²) in [7, 11) is 1.55. The number of ether oxygens (including phenoxy) is 1. The summed E-state index contributed by atoms with van der Waals surface area (Å²) >= 11 is 0. The van der Waals surface area contributed by atoms with Crippen LogP contribution in [0.2, 0.25) is 0 Å². The number of Topliss-reactive ketones (excluding diaryl/α,β-unsaturated/α-hetero) is 1. The molecule has 0 spiro atoms. The predicted octanol–water partition coefficient (Wildman–Crippen LogP) is 2.16. The number of carbonyl (C=O) groups excluding carboxylic acids is 1. The molecule has 5 heteroatoms. The first-order chi connectivity index (χ1) is 9.48. The summed E-state index contributed by atoms with van der Waals surface area (Å²) in [5, 5.41) is 9.54. The number of methoxy groups -OCH3 is 1. The lowest BCUT2D eigenvalue weighted by Gasteiger charge is -2.31. The van der Waals surface area contributed by atoms with Crippen LogP contribution in [0, 0.1) is 12.3 Å². The molecule has 1 fully saturated rings. The minimum atomic E-state index is -1.32. The van der Waals surface area contributed by atoms with Gasteiger partial charge in [-0.3, -0.25) is 14.6 Å². The maximum atomic E-state index is 12.2. The number of carboxylic acid groups (broad SMARTS) is 1. The number of hydrogen-bond donors (Lipinski definition) is 1. The van der Waals surface area contributed by atoms with Gasteiger partial charge in [0.1, 0.15) is 11.2 Å². The molecule has 1 aromatic heterocycles. The zero-order valence-corrected chi connectivity index (χ0v) is 11.8. The van der Waals surface area contributed by atoms with E-state index in [-0.39, 0.29) is 12.2 Å². The number of aromatic nitrogens is 1. The first-order valence-corrected chi connectivity index (χ1v) is 6.76. The van der Waals surface area contributed by atoms with E-state index >= 15 is 0 Å². The van der Waals surface area contributed by atoms with Crippen molar-refractivity contribution in [3.63, 3.8) is 0 Å². The third-order valence-electron chi connectivity index (χ3n) is 3.90. The van der Waals surface area contributed by atoms with E-state index in [1.165, 1.54) is 0 Å². The van der Waals surface area contributed by atoms with Crippen LogP contribution in [0.3, 0.4) is 0 Å². The average Bonchev–Trinajstić information content (AvgIpc) is 2.40. The predicted molar refractivity (Wildman–Crippen MR) is 72.8 cm³/mol. The summed E-state index contributed by atoms with van der Waals surface area (Å²) in [4.78, 5) is 28.2. The normalized spacial score (nSPS) is 22.6. The third kappa shape index (κ3) is 2.66. The smallest absolute Gasteiger partial charge is 0.317 e. The highest BCUT2D eigenvalue weighted by Gasteiger charge is 2.47. The van der Waals surface area contributed by atoms with Gasteiger partial charge < -0.3 is 9.84 Å². The van der Waals surface area contributed by atoms with Gasteiger partial charge >= 0.3 is 5.97 Å². The molecule has 1 N–H and O–H groups in total. The van der Waals surface area contributed by atoms with Crippen LogP contribution < -0.4 is 4.74 Å². The molecule has 0 radical (unpaired) electrons. The standard InChI is InChI=1S/C15H19NO4/c1-10-7-12(20-2)8-11(16-10)9-15(14(18)19)6-4-3-5-13(15)17/h7-8H,3-6,9H2,1-2H3,(H,18,19). The van der Waals surface area contributed by atoms with Gasteiger partial charge in [0, 0.05) is 36.4 Å². The van der Waals surface area contributed by atoms with Crippen LogP contribution in [-0.4, -0.2) is 29.0 Å². The Bertz CT molecular complexity index is 541. The Hall–Kier alpha value is -1.91. The summed E-state index contributed by atoms with van der Waals surface area (Å²) in [5.74, 6) is -0.584. The van der Waals surface area contributed by atoms with E-state index < -0.39 is 11.4 Å². The van der Waals surface area contributed by atoms with Gasteiger partial charge in [-0.2, -0.15) is 0 Å². The Morgan fingerprint density at radius 1 is 1.45 bits per heavy atom. The zero-order chi connectivity index (χ0) is 14.8. The van der Waals surface area contributed by atoms with Crippen molar-refractivity contribution < 1.29 is 19.4 Å². The van der Waals surface area contributed by atoms with Gasteiger partial charge in [0.15, 0.2) is 5.78 Å². The Labute approximate surface area is 118 Å². The van der Waals surface area contributed by atoms with E-state index in [0.717, 1.165) is 18.5 Å². The van der Waals surface area contributed by atoms with Crippen LogP contribution in [0.15, 0.2) is 12.1 Å². The Balaban J connectivity index is 2.35. The van der Waals surface area contributed by atoms with E-state index in [0.29, 0.717) is 24.3 Å². The van der Waals surface area contributed by atoms with E-state index in [1.807, 2.05) is 6.92 Å². The molecule has 1 atom stereocenters. The van der Waals surface area contributed by atoms with Crippen LogP contribution in [0.5, 0.6) is 5.75 Å². The molecule has 0 saturated heterocycles. The second-order valence-electron chi connectivity index (χ2n) is 5.33. The fourth-order valence-corrected chi connectivity index (χ4v) is 2.80. The van der Waals surface area contributed by atoms with Gasteiger partial charge in [-0.25, -0.2) is 0 Å². The molecule has 108 valence electrons. The lowest BCUT2D eigenvalue weighted by Crippen LogP contribution is -2.43. The van der Waals surface area contributed by atoms with Crippen molar-refractivity contribution in [1.29, 1.82) is 0 Å². The number of carboxylic acids is 1. The molecule has 1 aromatic rings. The van der Waals surface area contributed by atoms with E-state index in [1.54, 1.807) is 19.2 Å². The molecule has 0 bridgehead atoms. The zero-order valence-electron chi connectivity index (χ0n) is 11.8.